The molecule has 0 aliphatic heterocycles. The molecule has 0 spiro atoms. The number of carbonyl (C=O) groups is 1. The van der Waals surface area contributed by atoms with Crippen molar-refractivity contribution in [2.24, 2.45) is 0 Å². The SMILES string of the molecule is CCOC(=O)c1cc2cccc(OCCCc3ccccc3)c2cc1OCCN(C(C)C)C(C)C. The number of carbonyl (C=O) groups excluding carboxylic acids is 1. The van der Waals surface area contributed by atoms with Crippen LogP contribution in [-0.2, 0) is 11.2 Å². The monoisotopic (exact) mass is 477 g/mol. The standard InChI is InChI=1S/C30H39NO4/c1-6-33-30(32)27-20-25-15-10-16-28(34-18-11-14-24-12-8-7-9-13-24)26(25)21-29(27)35-19-17-31(22(2)3)23(4)5/h7-10,12-13,15-16,20-23H,6,11,14,17-19H2,1-5H3. The highest BCUT2D eigenvalue weighted by molar-refractivity contribution is 6.00. The van der Waals surface area contributed by atoms with Crippen LogP contribution in [0.1, 0.15) is 57.0 Å². The van der Waals surface area contributed by atoms with E-state index in [1.807, 2.05) is 43.3 Å². The summed E-state index contributed by atoms with van der Waals surface area (Å²) in [5.74, 6) is 0.953. The van der Waals surface area contributed by atoms with Gasteiger partial charge in [0.1, 0.15) is 23.7 Å². The van der Waals surface area contributed by atoms with Gasteiger partial charge in [-0.15, -0.1) is 0 Å². The highest BCUT2D eigenvalue weighted by Gasteiger charge is 2.18. The number of benzene rings is 3. The zero-order chi connectivity index (χ0) is 25.2. The Bertz CT molecular complexity index is 1070. The van der Waals surface area contributed by atoms with Crippen molar-refractivity contribution in [2.75, 3.05) is 26.4 Å². The molecule has 3 aromatic carbocycles. The number of hydrogen-bond donors (Lipinski definition) is 0. The van der Waals surface area contributed by atoms with Gasteiger partial charge in [-0.3, -0.25) is 4.90 Å². The van der Waals surface area contributed by atoms with E-state index in [1.165, 1.54) is 5.56 Å². The van der Waals surface area contributed by atoms with Gasteiger partial charge < -0.3 is 14.2 Å². The molecule has 0 fully saturated rings. The summed E-state index contributed by atoms with van der Waals surface area (Å²) < 4.78 is 17.7. The second-order valence-electron chi connectivity index (χ2n) is 9.26. The first kappa shape index (κ1) is 26.6. The normalized spacial score (nSPS) is 11.4. The minimum atomic E-state index is -0.372. The molecular formula is C30H39NO4. The molecule has 0 bridgehead atoms. The van der Waals surface area contributed by atoms with E-state index < -0.39 is 0 Å². The summed E-state index contributed by atoms with van der Waals surface area (Å²) >= 11 is 0. The number of esters is 1. The molecule has 0 aliphatic rings. The van der Waals surface area contributed by atoms with Crippen molar-refractivity contribution in [3.05, 3.63) is 71.8 Å². The second-order valence-corrected chi connectivity index (χ2v) is 9.26. The van der Waals surface area contributed by atoms with Crippen molar-refractivity contribution in [1.82, 2.24) is 4.90 Å². The van der Waals surface area contributed by atoms with Crippen LogP contribution in [-0.4, -0.2) is 49.3 Å². The van der Waals surface area contributed by atoms with E-state index in [2.05, 4.69) is 56.9 Å². The lowest BCUT2D eigenvalue weighted by atomic mass is 10.0. The smallest absolute Gasteiger partial charge is 0.341 e. The maximum atomic E-state index is 12.7. The quantitative estimate of drug-likeness (QED) is 0.207. The van der Waals surface area contributed by atoms with Gasteiger partial charge in [0.15, 0.2) is 0 Å². The topological polar surface area (TPSA) is 48.0 Å². The van der Waals surface area contributed by atoms with E-state index in [9.17, 15) is 4.79 Å². The summed E-state index contributed by atoms with van der Waals surface area (Å²) in [7, 11) is 0. The van der Waals surface area contributed by atoms with Crippen LogP contribution in [0.4, 0.5) is 0 Å². The molecule has 0 aliphatic carbocycles. The summed E-state index contributed by atoms with van der Waals surface area (Å²) in [6.45, 7) is 12.7. The Balaban J connectivity index is 1.79. The first-order valence-electron chi connectivity index (χ1n) is 12.7. The number of rotatable bonds is 13. The first-order valence-corrected chi connectivity index (χ1v) is 12.7. The average Bonchev–Trinajstić information content (AvgIpc) is 2.84. The molecule has 0 radical (unpaired) electrons. The summed E-state index contributed by atoms with van der Waals surface area (Å²) in [5, 5.41) is 1.85. The maximum absolute atomic E-state index is 12.7. The largest absolute Gasteiger partial charge is 0.493 e. The molecule has 5 nitrogen and oxygen atoms in total. The van der Waals surface area contributed by atoms with Gasteiger partial charge in [0.05, 0.1) is 13.2 Å². The molecule has 35 heavy (non-hydrogen) atoms. The summed E-state index contributed by atoms with van der Waals surface area (Å²) in [6, 6.07) is 20.9. The van der Waals surface area contributed by atoms with Crippen molar-refractivity contribution in [3.63, 3.8) is 0 Å². The molecule has 0 aromatic heterocycles. The molecule has 3 aromatic rings. The lowest BCUT2D eigenvalue weighted by molar-refractivity contribution is 0.0520. The van der Waals surface area contributed by atoms with Gasteiger partial charge in [-0.25, -0.2) is 4.79 Å². The lowest BCUT2D eigenvalue weighted by Crippen LogP contribution is -2.39. The van der Waals surface area contributed by atoms with Crippen LogP contribution in [0.3, 0.4) is 0 Å². The Hall–Kier alpha value is -3.05. The predicted molar refractivity (Wildman–Crippen MR) is 143 cm³/mol. The molecule has 188 valence electrons. The third-order valence-corrected chi connectivity index (χ3v) is 6.08. The number of ether oxygens (including phenoxy) is 3. The summed E-state index contributed by atoms with van der Waals surface area (Å²) in [6.07, 6.45) is 1.89. The number of hydrogen-bond acceptors (Lipinski definition) is 5. The fourth-order valence-corrected chi connectivity index (χ4v) is 4.37. The highest BCUT2D eigenvalue weighted by Crippen LogP contribution is 2.33. The van der Waals surface area contributed by atoms with Gasteiger partial charge in [-0.1, -0.05) is 42.5 Å². The fourth-order valence-electron chi connectivity index (χ4n) is 4.37. The Morgan fingerprint density at radius 3 is 2.26 bits per heavy atom. The first-order chi connectivity index (χ1) is 16.9. The van der Waals surface area contributed by atoms with Crippen molar-refractivity contribution < 1.29 is 19.0 Å². The Labute approximate surface area is 210 Å². The van der Waals surface area contributed by atoms with Crippen LogP contribution < -0.4 is 9.47 Å². The molecule has 0 amide bonds. The van der Waals surface area contributed by atoms with Gasteiger partial charge >= 0.3 is 5.97 Å². The second kappa shape index (κ2) is 13.1. The third-order valence-electron chi connectivity index (χ3n) is 6.08. The van der Waals surface area contributed by atoms with E-state index in [1.54, 1.807) is 0 Å². The number of aryl methyl sites for hydroxylation is 1. The number of nitrogens with zero attached hydrogens (tertiary/aromatic N) is 1. The van der Waals surface area contributed by atoms with Crippen LogP contribution in [0.5, 0.6) is 11.5 Å². The zero-order valence-electron chi connectivity index (χ0n) is 21.8. The predicted octanol–water partition coefficient (Wildman–Crippen LogP) is 6.53. The summed E-state index contributed by atoms with van der Waals surface area (Å²) in [5.41, 5.74) is 1.75. The van der Waals surface area contributed by atoms with Crippen LogP contribution in [0.2, 0.25) is 0 Å². The maximum Gasteiger partial charge on any atom is 0.341 e. The fraction of sp³-hybridized carbons (Fsp3) is 0.433. The Kier molecular flexibility index (Phi) is 9.98. The van der Waals surface area contributed by atoms with Crippen LogP contribution >= 0.6 is 0 Å². The lowest BCUT2D eigenvalue weighted by Gasteiger charge is -2.30. The molecule has 0 N–H and O–H groups in total. The van der Waals surface area contributed by atoms with Gasteiger partial charge in [0.25, 0.3) is 0 Å². The van der Waals surface area contributed by atoms with Gasteiger partial charge in [0.2, 0.25) is 0 Å². The molecule has 0 atom stereocenters. The Morgan fingerprint density at radius 2 is 1.57 bits per heavy atom. The van der Waals surface area contributed by atoms with E-state index in [4.69, 9.17) is 14.2 Å². The van der Waals surface area contributed by atoms with E-state index in [0.717, 1.165) is 35.9 Å². The molecule has 5 heteroatoms. The average molecular weight is 478 g/mol. The van der Waals surface area contributed by atoms with E-state index in [0.29, 0.717) is 43.2 Å². The molecule has 0 saturated heterocycles. The minimum Gasteiger partial charge on any atom is -0.493 e. The van der Waals surface area contributed by atoms with Gasteiger partial charge in [-0.05, 0) is 76.6 Å². The Morgan fingerprint density at radius 1 is 0.857 bits per heavy atom. The van der Waals surface area contributed by atoms with E-state index in [-0.39, 0.29) is 5.97 Å². The highest BCUT2D eigenvalue weighted by atomic mass is 16.5. The van der Waals surface area contributed by atoms with Crippen molar-refractivity contribution >= 4 is 16.7 Å². The number of fused-ring (bicyclic) bond motifs is 1. The van der Waals surface area contributed by atoms with Crippen molar-refractivity contribution in [3.8, 4) is 11.5 Å². The van der Waals surface area contributed by atoms with E-state index >= 15 is 0 Å². The molecule has 3 rings (SSSR count). The molecule has 0 heterocycles. The molecule has 0 saturated carbocycles. The van der Waals surface area contributed by atoms with Crippen LogP contribution in [0.25, 0.3) is 10.8 Å². The minimum absolute atomic E-state index is 0.315. The third kappa shape index (κ3) is 7.46. The zero-order valence-corrected chi connectivity index (χ0v) is 21.8. The van der Waals surface area contributed by atoms with Gasteiger partial charge in [0, 0.05) is 24.0 Å². The molecule has 0 unspecified atom stereocenters. The van der Waals surface area contributed by atoms with Crippen LogP contribution in [0.15, 0.2) is 60.7 Å². The van der Waals surface area contributed by atoms with Crippen molar-refractivity contribution in [1.29, 1.82) is 0 Å². The van der Waals surface area contributed by atoms with Gasteiger partial charge in [-0.2, -0.15) is 0 Å². The van der Waals surface area contributed by atoms with Crippen LogP contribution in [0, 0.1) is 0 Å². The summed E-state index contributed by atoms with van der Waals surface area (Å²) in [4.78, 5) is 15.1. The molecular weight excluding hydrogens is 438 g/mol. The van der Waals surface area contributed by atoms with Crippen molar-refractivity contribution in [2.45, 2.75) is 59.5 Å².